The van der Waals surface area contributed by atoms with Gasteiger partial charge in [-0.2, -0.15) is 0 Å². The van der Waals surface area contributed by atoms with Crippen LogP contribution in [0.15, 0.2) is 29.3 Å². The van der Waals surface area contributed by atoms with Crippen LogP contribution < -0.4 is 5.56 Å². The lowest BCUT2D eigenvalue weighted by Crippen LogP contribution is -2.45. The molecule has 1 aromatic heterocycles. The van der Waals surface area contributed by atoms with E-state index in [0.29, 0.717) is 36.8 Å². The number of hydrogen-bond donors (Lipinski definition) is 0. The predicted molar refractivity (Wildman–Crippen MR) is 113 cm³/mol. The number of rotatable bonds is 6. The van der Waals surface area contributed by atoms with Gasteiger partial charge >= 0.3 is 0 Å². The van der Waals surface area contributed by atoms with Crippen LogP contribution in [0.25, 0.3) is 10.9 Å². The Morgan fingerprint density at radius 2 is 1.97 bits per heavy atom. The molecule has 0 N–H and O–H groups in total. The van der Waals surface area contributed by atoms with Crippen molar-refractivity contribution < 1.29 is 9.59 Å². The summed E-state index contributed by atoms with van der Waals surface area (Å²) in [7, 11) is 1.86. The molecule has 1 aromatic carbocycles. The highest BCUT2D eigenvalue weighted by molar-refractivity contribution is 5.82. The molecule has 1 aliphatic rings. The molecule has 0 unspecified atom stereocenters. The molecule has 2 heterocycles. The maximum Gasteiger partial charge on any atom is 0.261 e. The molecule has 0 aliphatic carbocycles. The zero-order valence-electron chi connectivity index (χ0n) is 17.6. The molecule has 0 saturated carbocycles. The van der Waals surface area contributed by atoms with E-state index in [2.05, 4.69) is 11.9 Å². The molecule has 156 valence electrons. The van der Waals surface area contributed by atoms with Gasteiger partial charge in [-0.1, -0.05) is 25.5 Å². The van der Waals surface area contributed by atoms with Gasteiger partial charge in [-0.25, -0.2) is 4.98 Å². The Bertz CT molecular complexity index is 945. The first kappa shape index (κ1) is 21.0. The molecule has 1 aliphatic heterocycles. The number of unbranched alkanes of at least 4 members (excludes halogenated alkanes) is 1. The van der Waals surface area contributed by atoms with E-state index in [1.54, 1.807) is 11.0 Å². The van der Waals surface area contributed by atoms with Gasteiger partial charge in [0.1, 0.15) is 6.54 Å². The van der Waals surface area contributed by atoms with Crippen molar-refractivity contribution in [1.29, 1.82) is 0 Å². The first-order valence-corrected chi connectivity index (χ1v) is 10.4. The zero-order valence-corrected chi connectivity index (χ0v) is 17.6. The number of likely N-dealkylation sites (tertiary alicyclic amines) is 1. The summed E-state index contributed by atoms with van der Waals surface area (Å²) in [5, 5.41) is 0.528. The SMILES string of the molecule is CCCCN(C)C(=O)C1CCN(C(=O)Cn2cnc3c(C)cccc3c2=O)CC1. The molecule has 29 heavy (non-hydrogen) atoms. The van der Waals surface area contributed by atoms with Crippen molar-refractivity contribution in [3.63, 3.8) is 0 Å². The van der Waals surface area contributed by atoms with Crippen molar-refractivity contribution in [2.45, 2.75) is 46.1 Å². The number of carbonyl (C=O) groups is 2. The molecule has 7 nitrogen and oxygen atoms in total. The van der Waals surface area contributed by atoms with Crippen molar-refractivity contribution in [1.82, 2.24) is 19.4 Å². The van der Waals surface area contributed by atoms with Gasteiger partial charge in [0.2, 0.25) is 11.8 Å². The number of fused-ring (bicyclic) bond motifs is 1. The molecule has 0 radical (unpaired) electrons. The number of carbonyl (C=O) groups excluding carboxylic acids is 2. The van der Waals surface area contributed by atoms with Crippen molar-refractivity contribution in [3.05, 3.63) is 40.4 Å². The second-order valence-corrected chi connectivity index (χ2v) is 7.92. The minimum Gasteiger partial charge on any atom is -0.346 e. The summed E-state index contributed by atoms with van der Waals surface area (Å²) in [6.45, 7) is 5.88. The molecule has 0 spiro atoms. The van der Waals surface area contributed by atoms with Crippen LogP contribution in [0.3, 0.4) is 0 Å². The highest BCUT2D eigenvalue weighted by Gasteiger charge is 2.29. The Balaban J connectivity index is 1.60. The number of aromatic nitrogens is 2. The lowest BCUT2D eigenvalue weighted by atomic mass is 9.95. The topological polar surface area (TPSA) is 75.5 Å². The second-order valence-electron chi connectivity index (χ2n) is 7.92. The Morgan fingerprint density at radius 1 is 1.24 bits per heavy atom. The highest BCUT2D eigenvalue weighted by Crippen LogP contribution is 2.20. The Labute approximate surface area is 171 Å². The molecule has 2 aromatic rings. The standard InChI is InChI=1S/C22H30N4O3/c1-4-5-11-24(3)21(28)17-9-12-25(13-10-17)19(27)14-26-15-23-20-16(2)7-6-8-18(20)22(26)29/h6-8,15,17H,4-5,9-14H2,1-3H3. The fourth-order valence-electron chi connectivity index (χ4n) is 3.89. The van der Waals surface area contributed by atoms with Gasteiger partial charge in [-0.15, -0.1) is 0 Å². The van der Waals surface area contributed by atoms with Crippen LogP contribution in [0.5, 0.6) is 0 Å². The monoisotopic (exact) mass is 398 g/mol. The Hall–Kier alpha value is -2.70. The third-order valence-corrected chi connectivity index (χ3v) is 5.78. The van der Waals surface area contributed by atoms with Crippen molar-refractivity contribution in [3.8, 4) is 0 Å². The minimum atomic E-state index is -0.199. The van der Waals surface area contributed by atoms with Gasteiger partial charge < -0.3 is 9.80 Å². The minimum absolute atomic E-state index is 0.0195. The lowest BCUT2D eigenvalue weighted by Gasteiger charge is -2.33. The van der Waals surface area contributed by atoms with Gasteiger partial charge in [0.05, 0.1) is 17.2 Å². The maximum absolute atomic E-state index is 12.7. The van der Waals surface area contributed by atoms with Crippen LogP contribution in [0.2, 0.25) is 0 Å². The summed E-state index contributed by atoms with van der Waals surface area (Å²) < 4.78 is 1.37. The summed E-state index contributed by atoms with van der Waals surface area (Å²) in [6.07, 6.45) is 4.87. The quantitative estimate of drug-likeness (QED) is 0.748. The average molecular weight is 399 g/mol. The zero-order chi connectivity index (χ0) is 21.0. The number of benzene rings is 1. The molecule has 1 fully saturated rings. The molecule has 0 bridgehead atoms. The van der Waals surface area contributed by atoms with E-state index in [1.165, 1.54) is 10.9 Å². The first-order chi connectivity index (χ1) is 13.9. The summed E-state index contributed by atoms with van der Waals surface area (Å²) in [6, 6.07) is 5.48. The molecule has 2 amide bonds. The largest absolute Gasteiger partial charge is 0.346 e. The van der Waals surface area contributed by atoms with Crippen LogP contribution in [0, 0.1) is 12.8 Å². The highest BCUT2D eigenvalue weighted by atomic mass is 16.2. The first-order valence-electron chi connectivity index (χ1n) is 10.4. The Morgan fingerprint density at radius 3 is 2.66 bits per heavy atom. The van der Waals surface area contributed by atoms with E-state index in [1.807, 2.05) is 31.0 Å². The predicted octanol–water partition coefficient (Wildman–Crippen LogP) is 2.20. The maximum atomic E-state index is 12.7. The van der Waals surface area contributed by atoms with Crippen molar-refractivity contribution >= 4 is 22.7 Å². The van der Waals surface area contributed by atoms with Gasteiger partial charge in [0.25, 0.3) is 5.56 Å². The van der Waals surface area contributed by atoms with Gasteiger partial charge in [0, 0.05) is 32.6 Å². The van der Waals surface area contributed by atoms with Crippen LogP contribution in [-0.2, 0) is 16.1 Å². The summed E-state index contributed by atoms with van der Waals surface area (Å²) in [4.78, 5) is 45.9. The van der Waals surface area contributed by atoms with Crippen molar-refractivity contribution in [2.75, 3.05) is 26.7 Å². The van der Waals surface area contributed by atoms with E-state index in [4.69, 9.17) is 0 Å². The van der Waals surface area contributed by atoms with Gasteiger partial charge in [-0.3, -0.25) is 19.0 Å². The van der Waals surface area contributed by atoms with Crippen molar-refractivity contribution in [2.24, 2.45) is 5.92 Å². The average Bonchev–Trinajstić information content (AvgIpc) is 2.74. The molecule has 0 atom stereocenters. The normalized spacial score (nSPS) is 14.9. The second kappa shape index (κ2) is 9.20. The van der Waals surface area contributed by atoms with Crippen LogP contribution in [-0.4, -0.2) is 57.8 Å². The van der Waals surface area contributed by atoms with E-state index in [9.17, 15) is 14.4 Å². The fraction of sp³-hybridized carbons (Fsp3) is 0.545. The van der Waals surface area contributed by atoms with Crippen LogP contribution in [0.4, 0.5) is 0 Å². The van der Waals surface area contributed by atoms with Gasteiger partial charge in [0.15, 0.2) is 0 Å². The summed E-state index contributed by atoms with van der Waals surface area (Å²) >= 11 is 0. The van der Waals surface area contributed by atoms with E-state index < -0.39 is 0 Å². The molecular formula is C22H30N4O3. The van der Waals surface area contributed by atoms with E-state index >= 15 is 0 Å². The van der Waals surface area contributed by atoms with Gasteiger partial charge in [-0.05, 0) is 37.8 Å². The molecule has 1 saturated heterocycles. The summed E-state index contributed by atoms with van der Waals surface area (Å²) in [5.41, 5.74) is 1.41. The summed E-state index contributed by atoms with van der Waals surface area (Å²) in [5.74, 6) is 0.0518. The number of hydrogen-bond acceptors (Lipinski definition) is 4. The third kappa shape index (κ3) is 4.66. The molecule has 7 heteroatoms. The smallest absolute Gasteiger partial charge is 0.261 e. The van der Waals surface area contributed by atoms with Crippen LogP contribution >= 0.6 is 0 Å². The number of nitrogens with zero attached hydrogens (tertiary/aromatic N) is 4. The van der Waals surface area contributed by atoms with E-state index in [0.717, 1.165) is 24.9 Å². The molecular weight excluding hydrogens is 368 g/mol. The third-order valence-electron chi connectivity index (χ3n) is 5.78. The fourth-order valence-corrected chi connectivity index (χ4v) is 3.89. The number of piperidine rings is 1. The Kier molecular flexibility index (Phi) is 6.67. The number of para-hydroxylation sites is 1. The van der Waals surface area contributed by atoms with E-state index in [-0.39, 0.29) is 29.8 Å². The molecule has 3 rings (SSSR count). The lowest BCUT2D eigenvalue weighted by molar-refractivity contribution is -0.140. The number of aryl methyl sites for hydroxylation is 1. The van der Waals surface area contributed by atoms with Crippen LogP contribution in [0.1, 0.15) is 38.2 Å². The number of amides is 2.